The standard InChI is InChI=1S/C22H27N3O3S2/c1-6-30(27,28)18-10-8-17(9-11-18)21(26)25(14-13-24(4)5)22-23-20-16(3)15(2)7-12-19(20)29-22/h7-12H,6,13-14H2,1-5H3. The van der Waals surface area contributed by atoms with Gasteiger partial charge in [0.15, 0.2) is 15.0 Å². The normalized spacial score (nSPS) is 11.9. The van der Waals surface area contributed by atoms with Crippen LogP contribution < -0.4 is 4.90 Å². The third-order valence-electron chi connectivity index (χ3n) is 5.16. The molecule has 3 aromatic rings. The van der Waals surface area contributed by atoms with E-state index in [2.05, 4.69) is 13.0 Å². The number of likely N-dealkylation sites (N-methyl/N-ethyl adjacent to an activating group) is 1. The molecule has 1 heterocycles. The number of anilines is 1. The van der Waals surface area contributed by atoms with E-state index in [1.54, 1.807) is 24.0 Å². The SMILES string of the molecule is CCS(=O)(=O)c1ccc(C(=O)N(CCN(C)C)c2nc3c(C)c(C)ccc3s2)cc1. The second-order valence-corrected chi connectivity index (χ2v) is 10.8. The summed E-state index contributed by atoms with van der Waals surface area (Å²) < 4.78 is 25.2. The molecule has 8 heteroatoms. The van der Waals surface area contributed by atoms with E-state index >= 15 is 0 Å². The number of rotatable bonds is 7. The number of carbonyl (C=O) groups excluding carboxylic acids is 1. The van der Waals surface area contributed by atoms with Crippen molar-refractivity contribution in [3.63, 3.8) is 0 Å². The number of benzene rings is 2. The fourth-order valence-corrected chi connectivity index (χ4v) is 4.97. The van der Waals surface area contributed by atoms with Gasteiger partial charge in [0.25, 0.3) is 5.91 Å². The summed E-state index contributed by atoms with van der Waals surface area (Å²) in [5.74, 6) is -0.162. The third kappa shape index (κ3) is 4.55. The minimum absolute atomic E-state index is 0.0275. The molecule has 0 saturated carbocycles. The van der Waals surface area contributed by atoms with E-state index in [0.29, 0.717) is 23.8 Å². The number of hydrogen-bond donors (Lipinski definition) is 0. The Morgan fingerprint density at radius 1 is 1.03 bits per heavy atom. The first-order valence-corrected chi connectivity index (χ1v) is 12.3. The maximum Gasteiger partial charge on any atom is 0.260 e. The van der Waals surface area contributed by atoms with E-state index in [1.807, 2.05) is 32.0 Å². The van der Waals surface area contributed by atoms with Crippen LogP contribution in [0.25, 0.3) is 10.2 Å². The summed E-state index contributed by atoms with van der Waals surface area (Å²) in [6.45, 7) is 6.86. The molecule has 0 N–H and O–H groups in total. The highest BCUT2D eigenvalue weighted by atomic mass is 32.2. The number of hydrogen-bond acceptors (Lipinski definition) is 6. The Bertz CT molecular complexity index is 1170. The molecule has 30 heavy (non-hydrogen) atoms. The molecule has 1 amide bonds. The molecule has 0 radical (unpaired) electrons. The molecular weight excluding hydrogens is 418 g/mol. The molecule has 2 aromatic carbocycles. The lowest BCUT2D eigenvalue weighted by Gasteiger charge is -2.22. The second kappa shape index (κ2) is 8.83. The summed E-state index contributed by atoms with van der Waals surface area (Å²) in [5, 5.41) is 0.649. The molecule has 0 unspecified atom stereocenters. The minimum atomic E-state index is -3.30. The number of thiazole rings is 1. The lowest BCUT2D eigenvalue weighted by molar-refractivity contribution is 0.0985. The van der Waals surface area contributed by atoms with Gasteiger partial charge < -0.3 is 4.90 Å². The molecule has 0 aliphatic carbocycles. The van der Waals surface area contributed by atoms with Gasteiger partial charge in [0.1, 0.15) is 0 Å². The number of sulfone groups is 1. The molecule has 0 spiro atoms. The monoisotopic (exact) mass is 445 g/mol. The molecule has 0 fully saturated rings. The van der Waals surface area contributed by atoms with Crippen LogP contribution in [0.3, 0.4) is 0 Å². The Balaban J connectivity index is 1.99. The Labute approximate surface area is 182 Å². The van der Waals surface area contributed by atoms with Crippen LogP contribution in [0.1, 0.15) is 28.4 Å². The number of aryl methyl sites for hydroxylation is 2. The summed E-state index contributed by atoms with van der Waals surface area (Å²) in [4.78, 5) is 22.0. The van der Waals surface area contributed by atoms with Crippen LogP contribution in [0.15, 0.2) is 41.3 Å². The van der Waals surface area contributed by atoms with Crippen LogP contribution >= 0.6 is 11.3 Å². The molecule has 0 atom stereocenters. The number of fused-ring (bicyclic) bond motifs is 1. The Hall–Kier alpha value is -2.29. The van der Waals surface area contributed by atoms with Crippen LogP contribution in [-0.2, 0) is 9.84 Å². The molecule has 0 aliphatic rings. The van der Waals surface area contributed by atoms with Gasteiger partial charge in [-0.3, -0.25) is 9.69 Å². The van der Waals surface area contributed by atoms with Gasteiger partial charge in [0, 0.05) is 18.7 Å². The van der Waals surface area contributed by atoms with Gasteiger partial charge in [0.2, 0.25) is 0 Å². The number of carbonyl (C=O) groups is 1. The summed E-state index contributed by atoms with van der Waals surface area (Å²) in [6.07, 6.45) is 0. The molecule has 0 aliphatic heterocycles. The lowest BCUT2D eigenvalue weighted by Crippen LogP contribution is -2.36. The molecule has 1 aromatic heterocycles. The molecule has 160 valence electrons. The van der Waals surface area contributed by atoms with Crippen LogP contribution in [0.5, 0.6) is 0 Å². The van der Waals surface area contributed by atoms with Crippen molar-refractivity contribution in [2.24, 2.45) is 0 Å². The van der Waals surface area contributed by atoms with Crippen LogP contribution in [0, 0.1) is 13.8 Å². The smallest absolute Gasteiger partial charge is 0.260 e. The fourth-order valence-electron chi connectivity index (χ4n) is 3.04. The average molecular weight is 446 g/mol. The van der Waals surface area contributed by atoms with Crippen molar-refractivity contribution >= 4 is 42.4 Å². The van der Waals surface area contributed by atoms with Gasteiger partial charge in [-0.1, -0.05) is 24.3 Å². The van der Waals surface area contributed by atoms with Crippen molar-refractivity contribution in [3.05, 3.63) is 53.1 Å². The topological polar surface area (TPSA) is 70.6 Å². The Kier molecular flexibility index (Phi) is 6.59. The Morgan fingerprint density at radius 2 is 1.70 bits per heavy atom. The van der Waals surface area contributed by atoms with Crippen molar-refractivity contribution in [1.29, 1.82) is 0 Å². The van der Waals surface area contributed by atoms with Crippen LogP contribution in [-0.4, -0.2) is 57.1 Å². The molecule has 0 bridgehead atoms. The lowest BCUT2D eigenvalue weighted by atomic mass is 10.1. The quantitative estimate of drug-likeness (QED) is 0.551. The van der Waals surface area contributed by atoms with Crippen molar-refractivity contribution in [2.45, 2.75) is 25.7 Å². The first-order valence-electron chi connectivity index (χ1n) is 9.80. The highest BCUT2D eigenvalue weighted by Crippen LogP contribution is 2.32. The fraction of sp³-hybridized carbons (Fsp3) is 0.364. The third-order valence-corrected chi connectivity index (χ3v) is 7.95. The van der Waals surface area contributed by atoms with E-state index in [0.717, 1.165) is 15.8 Å². The van der Waals surface area contributed by atoms with Crippen molar-refractivity contribution in [1.82, 2.24) is 9.88 Å². The molecular formula is C22H27N3O3S2. The van der Waals surface area contributed by atoms with E-state index in [1.165, 1.54) is 29.0 Å². The Morgan fingerprint density at radius 3 is 2.30 bits per heavy atom. The number of amides is 1. The summed E-state index contributed by atoms with van der Waals surface area (Å²) in [6, 6.07) is 10.3. The van der Waals surface area contributed by atoms with Gasteiger partial charge >= 0.3 is 0 Å². The van der Waals surface area contributed by atoms with Gasteiger partial charge in [-0.05, 0) is 69.4 Å². The first-order chi connectivity index (χ1) is 14.1. The van der Waals surface area contributed by atoms with Crippen molar-refractivity contribution in [3.8, 4) is 0 Å². The second-order valence-electron chi connectivity index (χ2n) is 7.54. The molecule has 6 nitrogen and oxygen atoms in total. The van der Waals surface area contributed by atoms with Gasteiger partial charge in [-0.15, -0.1) is 0 Å². The van der Waals surface area contributed by atoms with Gasteiger partial charge in [0.05, 0.1) is 20.9 Å². The maximum atomic E-state index is 13.3. The predicted octanol–water partition coefficient (Wildman–Crippen LogP) is 3.92. The highest BCUT2D eigenvalue weighted by molar-refractivity contribution is 7.91. The van der Waals surface area contributed by atoms with E-state index in [4.69, 9.17) is 4.98 Å². The summed E-state index contributed by atoms with van der Waals surface area (Å²) in [5.41, 5.74) is 3.64. The van der Waals surface area contributed by atoms with Crippen molar-refractivity contribution < 1.29 is 13.2 Å². The average Bonchev–Trinajstić information content (AvgIpc) is 3.15. The summed E-state index contributed by atoms with van der Waals surface area (Å²) >= 11 is 1.49. The zero-order valence-corrected chi connectivity index (χ0v) is 19.6. The minimum Gasteiger partial charge on any atom is -0.308 e. The van der Waals surface area contributed by atoms with Crippen molar-refractivity contribution in [2.75, 3.05) is 37.8 Å². The molecule has 3 rings (SSSR count). The van der Waals surface area contributed by atoms with Crippen LogP contribution in [0.2, 0.25) is 0 Å². The largest absolute Gasteiger partial charge is 0.308 e. The highest BCUT2D eigenvalue weighted by Gasteiger charge is 2.23. The predicted molar refractivity (Wildman–Crippen MR) is 123 cm³/mol. The van der Waals surface area contributed by atoms with E-state index in [-0.39, 0.29) is 16.6 Å². The number of aromatic nitrogens is 1. The zero-order chi connectivity index (χ0) is 22.1. The first kappa shape index (κ1) is 22.4. The van der Waals surface area contributed by atoms with E-state index in [9.17, 15) is 13.2 Å². The van der Waals surface area contributed by atoms with E-state index < -0.39 is 9.84 Å². The molecule has 0 saturated heterocycles. The zero-order valence-electron chi connectivity index (χ0n) is 18.0. The van der Waals surface area contributed by atoms with Crippen LogP contribution in [0.4, 0.5) is 5.13 Å². The number of nitrogens with zero attached hydrogens (tertiary/aromatic N) is 3. The summed E-state index contributed by atoms with van der Waals surface area (Å²) in [7, 11) is 0.612. The van der Waals surface area contributed by atoms with Gasteiger partial charge in [-0.25, -0.2) is 13.4 Å². The maximum absolute atomic E-state index is 13.3. The van der Waals surface area contributed by atoms with Gasteiger partial charge in [-0.2, -0.15) is 0 Å².